The van der Waals surface area contributed by atoms with Crippen molar-refractivity contribution in [3.63, 3.8) is 0 Å². The van der Waals surface area contributed by atoms with Gasteiger partial charge in [-0.3, -0.25) is 9.48 Å². The van der Waals surface area contributed by atoms with Crippen molar-refractivity contribution in [2.75, 3.05) is 13.7 Å². The van der Waals surface area contributed by atoms with Gasteiger partial charge in [0.05, 0.1) is 19.2 Å². The lowest BCUT2D eigenvalue weighted by molar-refractivity contribution is 0.0601. The Kier molecular flexibility index (Phi) is 5.50. The fourth-order valence-electron chi connectivity index (χ4n) is 3.88. The van der Waals surface area contributed by atoms with E-state index in [1.165, 1.54) is 7.11 Å². The summed E-state index contributed by atoms with van der Waals surface area (Å²) in [6.45, 7) is 4.28. The molecule has 31 heavy (non-hydrogen) atoms. The van der Waals surface area contributed by atoms with Crippen molar-refractivity contribution < 1.29 is 19.1 Å². The molecule has 1 aliphatic rings. The van der Waals surface area contributed by atoms with E-state index in [1.807, 2.05) is 38.1 Å². The number of methoxy groups -OCH3 is 1. The van der Waals surface area contributed by atoms with E-state index in [4.69, 9.17) is 9.47 Å². The zero-order valence-corrected chi connectivity index (χ0v) is 18.1. The molecule has 7 heteroatoms. The predicted octanol–water partition coefficient (Wildman–Crippen LogP) is 3.22. The molecular formula is C24H25N3O4. The molecule has 2 aromatic carbocycles. The van der Waals surface area contributed by atoms with Gasteiger partial charge in [-0.1, -0.05) is 24.3 Å². The molecule has 1 unspecified atom stereocenters. The molecule has 7 nitrogen and oxygen atoms in total. The van der Waals surface area contributed by atoms with E-state index in [9.17, 15) is 9.59 Å². The largest absolute Gasteiger partial charge is 0.487 e. The van der Waals surface area contributed by atoms with E-state index >= 15 is 0 Å². The summed E-state index contributed by atoms with van der Waals surface area (Å²) in [6.07, 6.45) is 0.473. The van der Waals surface area contributed by atoms with Gasteiger partial charge in [-0.15, -0.1) is 0 Å². The van der Waals surface area contributed by atoms with Crippen LogP contribution in [0.3, 0.4) is 0 Å². The SMILES string of the molecule is COC(=O)c1ccccc1-c1cc(C)cc2c1OC(CNC(=O)c1cc(C)n(C)n1)C2. The first-order valence-electron chi connectivity index (χ1n) is 10.1. The summed E-state index contributed by atoms with van der Waals surface area (Å²) >= 11 is 0. The summed E-state index contributed by atoms with van der Waals surface area (Å²) in [6, 6.07) is 13.2. The molecule has 0 fully saturated rings. The van der Waals surface area contributed by atoms with Crippen molar-refractivity contribution in [1.29, 1.82) is 0 Å². The van der Waals surface area contributed by atoms with Crippen LogP contribution in [0, 0.1) is 13.8 Å². The topological polar surface area (TPSA) is 82.5 Å². The molecule has 0 bridgehead atoms. The second-order valence-corrected chi connectivity index (χ2v) is 7.79. The number of nitrogens with zero attached hydrogens (tertiary/aromatic N) is 2. The minimum absolute atomic E-state index is 0.199. The van der Waals surface area contributed by atoms with Gasteiger partial charge in [0.15, 0.2) is 0 Å². The zero-order chi connectivity index (χ0) is 22.1. The molecule has 2 heterocycles. The van der Waals surface area contributed by atoms with Gasteiger partial charge in [0, 0.05) is 24.7 Å². The molecule has 0 radical (unpaired) electrons. The number of hydrogen-bond acceptors (Lipinski definition) is 5. The molecule has 1 amide bonds. The Balaban J connectivity index is 1.56. The van der Waals surface area contributed by atoms with Gasteiger partial charge in [-0.25, -0.2) is 4.79 Å². The second-order valence-electron chi connectivity index (χ2n) is 7.79. The van der Waals surface area contributed by atoms with Crippen LogP contribution < -0.4 is 10.1 Å². The molecule has 3 aromatic rings. The number of carbonyl (C=O) groups excluding carboxylic acids is 2. The van der Waals surface area contributed by atoms with Gasteiger partial charge < -0.3 is 14.8 Å². The standard InChI is InChI=1S/C24H25N3O4/c1-14-9-16-12-17(13-25-23(28)21-11-15(2)27(3)26-21)31-22(16)20(10-14)18-7-5-6-8-19(18)24(29)30-4/h5-11,17H,12-13H2,1-4H3,(H,25,28). The number of esters is 1. The highest BCUT2D eigenvalue weighted by molar-refractivity contribution is 5.98. The number of nitrogens with one attached hydrogen (secondary N) is 1. The number of hydrogen-bond donors (Lipinski definition) is 1. The zero-order valence-electron chi connectivity index (χ0n) is 18.1. The Bertz CT molecular complexity index is 1150. The van der Waals surface area contributed by atoms with Crippen LogP contribution in [0.2, 0.25) is 0 Å². The van der Waals surface area contributed by atoms with E-state index in [0.717, 1.165) is 33.7 Å². The minimum atomic E-state index is -0.390. The monoisotopic (exact) mass is 419 g/mol. The van der Waals surface area contributed by atoms with Crippen molar-refractivity contribution in [1.82, 2.24) is 15.1 Å². The highest BCUT2D eigenvalue weighted by atomic mass is 16.5. The first-order valence-corrected chi connectivity index (χ1v) is 10.1. The van der Waals surface area contributed by atoms with Crippen molar-refractivity contribution in [2.45, 2.75) is 26.4 Å². The Hall–Kier alpha value is -3.61. The van der Waals surface area contributed by atoms with Crippen LogP contribution in [0.4, 0.5) is 0 Å². The van der Waals surface area contributed by atoms with Crippen molar-refractivity contribution in [3.05, 3.63) is 70.5 Å². The smallest absolute Gasteiger partial charge is 0.338 e. The fraction of sp³-hybridized carbons (Fsp3) is 0.292. The summed E-state index contributed by atoms with van der Waals surface area (Å²) in [7, 11) is 3.18. The normalized spacial score (nSPS) is 14.6. The second kappa shape index (κ2) is 8.26. The van der Waals surface area contributed by atoms with Gasteiger partial charge in [0.1, 0.15) is 17.5 Å². The average Bonchev–Trinajstić information content (AvgIpc) is 3.33. The van der Waals surface area contributed by atoms with E-state index < -0.39 is 5.97 Å². The van der Waals surface area contributed by atoms with E-state index in [1.54, 1.807) is 23.9 Å². The number of ether oxygens (including phenoxy) is 2. The number of aromatic nitrogens is 2. The summed E-state index contributed by atoms with van der Waals surface area (Å²) in [5, 5.41) is 7.13. The minimum Gasteiger partial charge on any atom is -0.487 e. The lowest BCUT2D eigenvalue weighted by Crippen LogP contribution is -2.34. The molecule has 0 saturated carbocycles. The highest BCUT2D eigenvalue weighted by Gasteiger charge is 2.28. The van der Waals surface area contributed by atoms with Crippen LogP contribution in [0.15, 0.2) is 42.5 Å². The lowest BCUT2D eigenvalue weighted by Gasteiger charge is -2.15. The third-order valence-electron chi connectivity index (χ3n) is 5.50. The Labute approximate surface area is 181 Å². The van der Waals surface area contributed by atoms with E-state index in [2.05, 4.69) is 16.5 Å². The third kappa shape index (κ3) is 4.03. The first kappa shape index (κ1) is 20.7. The molecule has 1 aromatic heterocycles. The molecular weight excluding hydrogens is 394 g/mol. The maximum absolute atomic E-state index is 12.4. The van der Waals surface area contributed by atoms with Crippen LogP contribution in [0.5, 0.6) is 5.75 Å². The number of rotatable bonds is 5. The summed E-state index contributed by atoms with van der Waals surface area (Å²) in [4.78, 5) is 24.7. The molecule has 160 valence electrons. The van der Waals surface area contributed by atoms with Gasteiger partial charge in [0.25, 0.3) is 5.91 Å². The number of benzene rings is 2. The quantitative estimate of drug-likeness (QED) is 0.642. The summed E-state index contributed by atoms with van der Waals surface area (Å²) in [5.74, 6) is 0.129. The molecule has 1 N–H and O–H groups in total. The summed E-state index contributed by atoms with van der Waals surface area (Å²) in [5.41, 5.74) is 5.54. The van der Waals surface area contributed by atoms with Gasteiger partial charge in [0.2, 0.25) is 0 Å². The number of fused-ring (bicyclic) bond motifs is 1. The lowest BCUT2D eigenvalue weighted by atomic mass is 9.94. The van der Waals surface area contributed by atoms with Gasteiger partial charge in [-0.2, -0.15) is 5.10 Å². The fourth-order valence-corrected chi connectivity index (χ4v) is 3.88. The van der Waals surface area contributed by atoms with Crippen LogP contribution in [0.25, 0.3) is 11.1 Å². The predicted molar refractivity (Wildman–Crippen MR) is 116 cm³/mol. The highest BCUT2D eigenvalue weighted by Crippen LogP contribution is 2.41. The Morgan fingerprint density at radius 2 is 1.97 bits per heavy atom. The van der Waals surface area contributed by atoms with Gasteiger partial charge in [-0.05, 0) is 48.7 Å². The molecule has 1 atom stereocenters. The number of carbonyl (C=O) groups is 2. The van der Waals surface area contributed by atoms with Crippen LogP contribution in [-0.4, -0.2) is 41.4 Å². The molecule has 1 aliphatic heterocycles. The Morgan fingerprint density at radius 1 is 1.19 bits per heavy atom. The molecule has 0 aliphatic carbocycles. The Morgan fingerprint density at radius 3 is 2.68 bits per heavy atom. The van der Waals surface area contributed by atoms with E-state index in [0.29, 0.717) is 24.2 Å². The van der Waals surface area contributed by atoms with E-state index in [-0.39, 0.29) is 12.0 Å². The maximum Gasteiger partial charge on any atom is 0.338 e. The van der Waals surface area contributed by atoms with Gasteiger partial charge >= 0.3 is 5.97 Å². The van der Waals surface area contributed by atoms with Crippen LogP contribution in [0.1, 0.15) is 37.7 Å². The first-order chi connectivity index (χ1) is 14.9. The van der Waals surface area contributed by atoms with Crippen molar-refractivity contribution in [3.8, 4) is 16.9 Å². The average molecular weight is 419 g/mol. The summed E-state index contributed by atoms with van der Waals surface area (Å²) < 4.78 is 12.9. The molecule has 0 saturated heterocycles. The molecule has 4 rings (SSSR count). The maximum atomic E-state index is 12.4. The third-order valence-corrected chi connectivity index (χ3v) is 5.50. The van der Waals surface area contributed by atoms with Crippen LogP contribution >= 0.6 is 0 Å². The number of amides is 1. The molecule has 0 spiro atoms. The van der Waals surface area contributed by atoms with Crippen molar-refractivity contribution in [2.24, 2.45) is 7.05 Å². The van der Waals surface area contributed by atoms with Crippen LogP contribution in [-0.2, 0) is 18.2 Å². The van der Waals surface area contributed by atoms with Crippen molar-refractivity contribution >= 4 is 11.9 Å². The number of aryl methyl sites for hydroxylation is 3.